The lowest BCUT2D eigenvalue weighted by Crippen LogP contribution is -2.36. The largest absolute Gasteiger partial charge is 0.504 e. The SMILES string of the molecule is CCC(CC)C(=O)N(C)CC(=O)c1ccc(O)c(O)c1. The van der Waals surface area contributed by atoms with Crippen LogP contribution in [0, 0.1) is 5.92 Å². The molecule has 5 heteroatoms. The number of hydrogen-bond donors (Lipinski definition) is 2. The van der Waals surface area contributed by atoms with Crippen LogP contribution in [0.2, 0.25) is 0 Å². The van der Waals surface area contributed by atoms with Gasteiger partial charge in [0.1, 0.15) is 0 Å². The van der Waals surface area contributed by atoms with E-state index in [2.05, 4.69) is 0 Å². The molecule has 110 valence electrons. The summed E-state index contributed by atoms with van der Waals surface area (Å²) in [5.41, 5.74) is 0.268. The number of phenolic OH excluding ortho intramolecular Hbond substituents is 2. The van der Waals surface area contributed by atoms with E-state index in [1.807, 2.05) is 13.8 Å². The minimum absolute atomic E-state index is 0.0421. The van der Waals surface area contributed by atoms with Gasteiger partial charge >= 0.3 is 0 Å². The second-order valence-corrected chi connectivity index (χ2v) is 4.83. The maximum atomic E-state index is 12.1. The average molecular weight is 279 g/mol. The first-order valence-electron chi connectivity index (χ1n) is 6.70. The minimum Gasteiger partial charge on any atom is -0.504 e. The molecule has 0 aromatic heterocycles. The van der Waals surface area contributed by atoms with Gasteiger partial charge in [0, 0.05) is 18.5 Å². The van der Waals surface area contributed by atoms with Gasteiger partial charge in [-0.2, -0.15) is 0 Å². The van der Waals surface area contributed by atoms with Gasteiger partial charge in [-0.25, -0.2) is 0 Å². The Labute approximate surface area is 118 Å². The van der Waals surface area contributed by atoms with E-state index in [-0.39, 0.29) is 41.2 Å². The van der Waals surface area contributed by atoms with Gasteiger partial charge in [-0.3, -0.25) is 9.59 Å². The zero-order valence-corrected chi connectivity index (χ0v) is 12.1. The number of Topliss-reactive ketones (excluding diaryl/α,β-unsaturated/α-hetero) is 1. The molecule has 0 atom stereocenters. The fraction of sp³-hybridized carbons (Fsp3) is 0.467. The summed E-state index contributed by atoms with van der Waals surface area (Å²) in [5.74, 6) is -1.01. The van der Waals surface area contributed by atoms with Crippen LogP contribution in [0.1, 0.15) is 37.0 Å². The first-order valence-corrected chi connectivity index (χ1v) is 6.70. The first kappa shape index (κ1) is 16.0. The summed E-state index contributed by atoms with van der Waals surface area (Å²) in [7, 11) is 1.60. The maximum absolute atomic E-state index is 12.1. The Morgan fingerprint density at radius 1 is 1.15 bits per heavy atom. The van der Waals surface area contributed by atoms with Crippen molar-refractivity contribution in [1.82, 2.24) is 4.90 Å². The van der Waals surface area contributed by atoms with E-state index >= 15 is 0 Å². The number of benzene rings is 1. The molecule has 0 aliphatic carbocycles. The Bertz CT molecular complexity index is 495. The first-order chi connectivity index (χ1) is 9.40. The van der Waals surface area contributed by atoms with E-state index in [1.165, 1.54) is 23.1 Å². The molecule has 5 nitrogen and oxygen atoms in total. The molecular weight excluding hydrogens is 258 g/mol. The molecule has 0 spiro atoms. The van der Waals surface area contributed by atoms with E-state index in [0.29, 0.717) is 0 Å². The van der Waals surface area contributed by atoms with Crippen LogP contribution in [0.5, 0.6) is 11.5 Å². The standard InChI is InChI=1S/C15H21NO4/c1-4-10(5-2)15(20)16(3)9-14(19)11-6-7-12(17)13(18)8-11/h6-8,10,17-18H,4-5,9H2,1-3H3. The molecule has 20 heavy (non-hydrogen) atoms. The molecule has 0 heterocycles. The van der Waals surface area contributed by atoms with Crippen molar-refractivity contribution in [2.45, 2.75) is 26.7 Å². The second kappa shape index (κ2) is 6.93. The summed E-state index contributed by atoms with van der Waals surface area (Å²) in [6, 6.07) is 3.88. The summed E-state index contributed by atoms with van der Waals surface area (Å²) < 4.78 is 0. The fourth-order valence-corrected chi connectivity index (χ4v) is 2.03. The van der Waals surface area contributed by atoms with Gasteiger partial charge in [0.25, 0.3) is 0 Å². The number of aromatic hydroxyl groups is 2. The number of carbonyl (C=O) groups excluding carboxylic acids is 2. The van der Waals surface area contributed by atoms with Crippen LogP contribution in [0.3, 0.4) is 0 Å². The zero-order valence-electron chi connectivity index (χ0n) is 12.1. The van der Waals surface area contributed by atoms with Gasteiger partial charge in [0.2, 0.25) is 5.91 Å². The van der Waals surface area contributed by atoms with Crippen molar-refractivity contribution in [1.29, 1.82) is 0 Å². The third-order valence-electron chi connectivity index (χ3n) is 3.39. The molecule has 0 unspecified atom stereocenters. The third-order valence-corrected chi connectivity index (χ3v) is 3.39. The molecule has 0 saturated heterocycles. The normalized spacial score (nSPS) is 10.6. The molecule has 0 aliphatic rings. The van der Waals surface area contributed by atoms with Gasteiger partial charge in [0.05, 0.1) is 6.54 Å². The van der Waals surface area contributed by atoms with Crippen molar-refractivity contribution in [2.75, 3.05) is 13.6 Å². The van der Waals surface area contributed by atoms with Crippen molar-refractivity contribution in [3.63, 3.8) is 0 Å². The van der Waals surface area contributed by atoms with Crippen molar-refractivity contribution in [2.24, 2.45) is 5.92 Å². The monoisotopic (exact) mass is 279 g/mol. The van der Waals surface area contributed by atoms with Crippen LogP contribution in [0.4, 0.5) is 0 Å². The number of nitrogens with zero attached hydrogens (tertiary/aromatic N) is 1. The summed E-state index contributed by atoms with van der Waals surface area (Å²) in [4.78, 5) is 25.5. The average Bonchev–Trinajstić information content (AvgIpc) is 2.42. The number of hydrogen-bond acceptors (Lipinski definition) is 4. The van der Waals surface area contributed by atoms with Gasteiger partial charge < -0.3 is 15.1 Å². The Balaban J connectivity index is 2.74. The van der Waals surface area contributed by atoms with Crippen LogP contribution < -0.4 is 0 Å². The van der Waals surface area contributed by atoms with Crippen LogP contribution in [0.25, 0.3) is 0 Å². The summed E-state index contributed by atoms with van der Waals surface area (Å²) in [6.45, 7) is 3.85. The van der Waals surface area contributed by atoms with Crippen molar-refractivity contribution in [3.05, 3.63) is 23.8 Å². The Kier molecular flexibility index (Phi) is 5.55. The number of likely N-dealkylation sites (N-methyl/N-ethyl adjacent to an activating group) is 1. The lowest BCUT2D eigenvalue weighted by Gasteiger charge is -2.21. The lowest BCUT2D eigenvalue weighted by molar-refractivity contribution is -0.133. The molecule has 0 aliphatic heterocycles. The second-order valence-electron chi connectivity index (χ2n) is 4.83. The zero-order chi connectivity index (χ0) is 15.3. The van der Waals surface area contributed by atoms with E-state index < -0.39 is 0 Å². The van der Waals surface area contributed by atoms with E-state index in [4.69, 9.17) is 0 Å². The molecule has 0 bridgehead atoms. The van der Waals surface area contributed by atoms with Gasteiger partial charge in [-0.1, -0.05) is 13.8 Å². The van der Waals surface area contributed by atoms with Crippen LogP contribution in [-0.4, -0.2) is 40.4 Å². The molecule has 1 aromatic rings. The third kappa shape index (κ3) is 3.73. The highest BCUT2D eigenvalue weighted by Gasteiger charge is 2.21. The molecule has 0 radical (unpaired) electrons. The van der Waals surface area contributed by atoms with Crippen molar-refractivity contribution < 1.29 is 19.8 Å². The molecule has 0 saturated carbocycles. The van der Waals surface area contributed by atoms with Crippen LogP contribution in [-0.2, 0) is 4.79 Å². The predicted molar refractivity (Wildman–Crippen MR) is 75.8 cm³/mol. The molecule has 1 aromatic carbocycles. The number of phenols is 2. The predicted octanol–water partition coefficient (Wildman–Crippen LogP) is 2.18. The molecule has 1 amide bonds. The quantitative estimate of drug-likeness (QED) is 0.618. The molecular formula is C15H21NO4. The van der Waals surface area contributed by atoms with Crippen molar-refractivity contribution >= 4 is 11.7 Å². The Hall–Kier alpha value is -2.04. The van der Waals surface area contributed by atoms with E-state index in [1.54, 1.807) is 7.05 Å². The molecule has 1 rings (SSSR count). The highest BCUT2D eigenvalue weighted by atomic mass is 16.3. The van der Waals surface area contributed by atoms with E-state index in [9.17, 15) is 19.8 Å². The van der Waals surface area contributed by atoms with Gasteiger partial charge in [-0.15, -0.1) is 0 Å². The van der Waals surface area contributed by atoms with Gasteiger partial charge in [0.15, 0.2) is 17.3 Å². The van der Waals surface area contributed by atoms with Crippen molar-refractivity contribution in [3.8, 4) is 11.5 Å². The van der Waals surface area contributed by atoms with Gasteiger partial charge in [-0.05, 0) is 31.0 Å². The van der Waals surface area contributed by atoms with Crippen LogP contribution in [0.15, 0.2) is 18.2 Å². The Morgan fingerprint density at radius 3 is 2.25 bits per heavy atom. The number of amides is 1. The smallest absolute Gasteiger partial charge is 0.225 e. The molecule has 2 N–H and O–H groups in total. The summed E-state index contributed by atoms with van der Waals surface area (Å²) >= 11 is 0. The number of ketones is 1. The maximum Gasteiger partial charge on any atom is 0.225 e. The van der Waals surface area contributed by atoms with E-state index in [0.717, 1.165) is 12.8 Å². The topological polar surface area (TPSA) is 77.8 Å². The highest BCUT2D eigenvalue weighted by Crippen LogP contribution is 2.25. The Morgan fingerprint density at radius 2 is 1.75 bits per heavy atom. The number of rotatable bonds is 6. The highest BCUT2D eigenvalue weighted by molar-refractivity contribution is 5.99. The summed E-state index contributed by atoms with van der Waals surface area (Å²) in [5, 5.41) is 18.6. The molecule has 0 fully saturated rings. The minimum atomic E-state index is -0.343. The number of carbonyl (C=O) groups is 2. The lowest BCUT2D eigenvalue weighted by atomic mass is 10.0. The summed E-state index contributed by atoms with van der Waals surface area (Å²) in [6.07, 6.45) is 1.49. The fourth-order valence-electron chi connectivity index (χ4n) is 2.03. The van der Waals surface area contributed by atoms with Crippen LogP contribution >= 0.6 is 0 Å².